The zero-order valence-electron chi connectivity index (χ0n) is 10.5. The quantitative estimate of drug-likeness (QED) is 0.617. The number of carbonyl (C=O) groups is 1. The van der Waals surface area contributed by atoms with E-state index in [1.165, 1.54) is 0 Å². The predicted octanol–water partition coefficient (Wildman–Crippen LogP) is 3.55. The van der Waals surface area contributed by atoms with E-state index in [9.17, 15) is 4.79 Å². The minimum absolute atomic E-state index is 0.0423. The van der Waals surface area contributed by atoms with Gasteiger partial charge in [-0.25, -0.2) is 0 Å². The van der Waals surface area contributed by atoms with Crippen LogP contribution < -0.4 is 4.43 Å². The van der Waals surface area contributed by atoms with E-state index in [0.29, 0.717) is 11.1 Å². The lowest BCUT2D eigenvalue weighted by Gasteiger charge is -2.08. The second kappa shape index (κ2) is 5.64. The van der Waals surface area contributed by atoms with Crippen molar-refractivity contribution in [1.29, 1.82) is 0 Å². The average molecular weight is 255 g/mol. The number of rotatable bonds is 4. The first kappa shape index (κ1) is 12.6. The SMILES string of the molecule is C[Si](C)Oc1ccc(C(=O)c2ccccc2)cc1. The van der Waals surface area contributed by atoms with Crippen molar-refractivity contribution in [1.82, 2.24) is 0 Å². The summed E-state index contributed by atoms with van der Waals surface area (Å²) in [4.78, 5) is 12.1. The van der Waals surface area contributed by atoms with Gasteiger partial charge in [-0.3, -0.25) is 4.79 Å². The minimum Gasteiger partial charge on any atom is -0.543 e. The molecule has 2 aromatic carbocycles. The zero-order valence-corrected chi connectivity index (χ0v) is 11.5. The van der Waals surface area contributed by atoms with Crippen molar-refractivity contribution in [3.8, 4) is 5.75 Å². The fourth-order valence-corrected chi connectivity index (χ4v) is 2.27. The molecule has 0 spiro atoms. The summed E-state index contributed by atoms with van der Waals surface area (Å²) in [5.74, 6) is 0.874. The summed E-state index contributed by atoms with van der Waals surface area (Å²) in [6.45, 7) is 4.15. The molecule has 3 heteroatoms. The highest BCUT2D eigenvalue weighted by Gasteiger charge is 2.08. The van der Waals surface area contributed by atoms with Crippen LogP contribution in [0, 0.1) is 0 Å². The Morgan fingerprint density at radius 2 is 1.44 bits per heavy atom. The van der Waals surface area contributed by atoms with Crippen molar-refractivity contribution in [2.24, 2.45) is 0 Å². The molecule has 0 unspecified atom stereocenters. The molecule has 0 amide bonds. The van der Waals surface area contributed by atoms with Crippen LogP contribution in [-0.2, 0) is 0 Å². The molecule has 0 aliphatic carbocycles. The first-order valence-electron chi connectivity index (χ1n) is 5.84. The number of ketones is 1. The van der Waals surface area contributed by atoms with Crippen LogP contribution in [0.15, 0.2) is 54.6 Å². The van der Waals surface area contributed by atoms with Crippen LogP contribution in [0.4, 0.5) is 0 Å². The fraction of sp³-hybridized carbons (Fsp3) is 0.133. The molecule has 0 bridgehead atoms. The van der Waals surface area contributed by atoms with Gasteiger partial charge in [0.05, 0.1) is 0 Å². The van der Waals surface area contributed by atoms with E-state index in [4.69, 9.17) is 4.43 Å². The van der Waals surface area contributed by atoms with Gasteiger partial charge in [0.25, 0.3) is 9.04 Å². The highest BCUT2D eigenvalue weighted by Crippen LogP contribution is 2.16. The smallest absolute Gasteiger partial charge is 0.274 e. The van der Waals surface area contributed by atoms with E-state index in [-0.39, 0.29) is 5.78 Å². The molecule has 2 rings (SSSR count). The lowest BCUT2D eigenvalue weighted by Crippen LogP contribution is -2.11. The largest absolute Gasteiger partial charge is 0.543 e. The highest BCUT2D eigenvalue weighted by atomic mass is 28.3. The molecule has 91 valence electrons. The second-order valence-electron chi connectivity index (χ2n) is 4.23. The monoisotopic (exact) mass is 255 g/mol. The van der Waals surface area contributed by atoms with E-state index >= 15 is 0 Å². The molecule has 2 aromatic rings. The van der Waals surface area contributed by atoms with Gasteiger partial charge < -0.3 is 4.43 Å². The van der Waals surface area contributed by atoms with Crippen molar-refractivity contribution in [2.45, 2.75) is 13.1 Å². The molecule has 0 fully saturated rings. The Hall–Kier alpha value is -1.87. The first-order valence-corrected chi connectivity index (χ1v) is 8.25. The Kier molecular flexibility index (Phi) is 3.94. The van der Waals surface area contributed by atoms with Gasteiger partial charge in [0.1, 0.15) is 5.75 Å². The molecule has 2 nitrogen and oxygen atoms in total. The van der Waals surface area contributed by atoms with Gasteiger partial charge in [0.2, 0.25) is 0 Å². The molecule has 18 heavy (non-hydrogen) atoms. The molecular weight excluding hydrogens is 240 g/mol. The van der Waals surface area contributed by atoms with Crippen molar-refractivity contribution in [3.05, 3.63) is 65.7 Å². The van der Waals surface area contributed by atoms with E-state index in [1.54, 1.807) is 0 Å². The molecule has 0 heterocycles. The molecule has 0 aromatic heterocycles. The number of carbonyl (C=O) groups excluding carboxylic acids is 1. The van der Waals surface area contributed by atoms with E-state index < -0.39 is 9.04 Å². The van der Waals surface area contributed by atoms with Crippen LogP contribution in [0.2, 0.25) is 13.1 Å². The van der Waals surface area contributed by atoms with Crippen molar-refractivity contribution in [3.63, 3.8) is 0 Å². The van der Waals surface area contributed by atoms with Gasteiger partial charge in [-0.1, -0.05) is 30.3 Å². The average Bonchev–Trinajstić information content (AvgIpc) is 2.39. The standard InChI is InChI=1S/C15H15O2Si/c1-18(2)17-14-10-8-13(9-11-14)15(16)12-6-4-3-5-7-12/h3-11H,1-2H3. The van der Waals surface area contributed by atoms with Crippen LogP contribution in [0.25, 0.3) is 0 Å². The van der Waals surface area contributed by atoms with Crippen LogP contribution >= 0.6 is 0 Å². The third-order valence-electron chi connectivity index (χ3n) is 2.47. The van der Waals surface area contributed by atoms with Crippen LogP contribution in [0.1, 0.15) is 15.9 Å². The van der Waals surface area contributed by atoms with Crippen molar-refractivity contribution >= 4 is 14.8 Å². The lowest BCUT2D eigenvalue weighted by molar-refractivity contribution is 0.103. The Morgan fingerprint density at radius 3 is 2.00 bits per heavy atom. The first-order chi connectivity index (χ1) is 8.66. The molecule has 0 saturated carbocycles. The second-order valence-corrected chi connectivity index (χ2v) is 6.25. The summed E-state index contributed by atoms with van der Waals surface area (Å²) >= 11 is 0. The van der Waals surface area contributed by atoms with Gasteiger partial charge in [0.15, 0.2) is 5.78 Å². The number of benzene rings is 2. The Labute approximate surface area is 109 Å². The number of hydrogen-bond acceptors (Lipinski definition) is 2. The third kappa shape index (κ3) is 3.08. The summed E-state index contributed by atoms with van der Waals surface area (Å²) in [7, 11) is -0.756. The molecular formula is C15H15O2Si. The molecule has 0 aliphatic rings. The molecule has 0 aliphatic heterocycles. The van der Waals surface area contributed by atoms with Gasteiger partial charge in [-0.2, -0.15) is 0 Å². The Bertz CT molecular complexity index is 518. The van der Waals surface area contributed by atoms with Crippen LogP contribution in [0.3, 0.4) is 0 Å². The van der Waals surface area contributed by atoms with Gasteiger partial charge >= 0.3 is 0 Å². The maximum absolute atomic E-state index is 12.1. The van der Waals surface area contributed by atoms with E-state index in [0.717, 1.165) is 5.75 Å². The highest BCUT2D eigenvalue weighted by molar-refractivity contribution is 6.49. The predicted molar refractivity (Wildman–Crippen MR) is 74.4 cm³/mol. The van der Waals surface area contributed by atoms with Gasteiger partial charge in [-0.05, 0) is 37.4 Å². The summed E-state index contributed by atoms with van der Waals surface area (Å²) < 4.78 is 5.65. The summed E-state index contributed by atoms with van der Waals surface area (Å²) in [5.41, 5.74) is 1.40. The molecule has 0 N–H and O–H groups in total. The zero-order chi connectivity index (χ0) is 13.0. The topological polar surface area (TPSA) is 26.3 Å². The molecule has 0 saturated heterocycles. The Morgan fingerprint density at radius 1 is 0.889 bits per heavy atom. The van der Waals surface area contributed by atoms with Crippen molar-refractivity contribution < 1.29 is 9.22 Å². The number of hydrogen-bond donors (Lipinski definition) is 0. The maximum atomic E-state index is 12.1. The summed E-state index contributed by atoms with van der Waals surface area (Å²) in [6.07, 6.45) is 0. The van der Waals surface area contributed by atoms with Crippen molar-refractivity contribution in [2.75, 3.05) is 0 Å². The van der Waals surface area contributed by atoms with E-state index in [2.05, 4.69) is 13.1 Å². The molecule has 0 atom stereocenters. The molecule has 1 radical (unpaired) electrons. The maximum Gasteiger partial charge on any atom is 0.274 e. The Balaban J connectivity index is 2.17. The van der Waals surface area contributed by atoms with Crippen LogP contribution in [0.5, 0.6) is 5.75 Å². The summed E-state index contributed by atoms with van der Waals surface area (Å²) in [6, 6.07) is 16.6. The van der Waals surface area contributed by atoms with Gasteiger partial charge in [0, 0.05) is 11.1 Å². The third-order valence-corrected chi connectivity index (χ3v) is 3.12. The van der Waals surface area contributed by atoms with Gasteiger partial charge in [-0.15, -0.1) is 0 Å². The lowest BCUT2D eigenvalue weighted by atomic mass is 10.0. The minimum atomic E-state index is -0.756. The summed E-state index contributed by atoms with van der Waals surface area (Å²) in [5, 5.41) is 0. The van der Waals surface area contributed by atoms with E-state index in [1.807, 2.05) is 54.6 Å². The van der Waals surface area contributed by atoms with Crippen LogP contribution in [-0.4, -0.2) is 14.8 Å². The fourth-order valence-electron chi connectivity index (χ4n) is 1.67. The normalized spacial score (nSPS) is 10.4.